The van der Waals surface area contributed by atoms with E-state index in [9.17, 15) is 22.8 Å². The zero-order valence-electron chi connectivity index (χ0n) is 17.9. The highest BCUT2D eigenvalue weighted by atomic mass is 19.4. The van der Waals surface area contributed by atoms with Gasteiger partial charge in [0.1, 0.15) is 12.6 Å². The van der Waals surface area contributed by atoms with E-state index in [0.717, 1.165) is 11.3 Å². The van der Waals surface area contributed by atoms with Gasteiger partial charge in [0.25, 0.3) is 0 Å². The first kappa shape index (κ1) is 25.0. The molecule has 1 atom stereocenters. The fraction of sp³-hybridized carbons (Fsp3) is 0.714. The molecule has 0 aromatic carbocycles. The van der Waals surface area contributed by atoms with Crippen LogP contribution in [0, 0.1) is 0 Å². The highest BCUT2D eigenvalue weighted by Crippen LogP contribution is 2.22. The monoisotopic (exact) mass is 417 g/mol. The van der Waals surface area contributed by atoms with Gasteiger partial charge in [0.2, 0.25) is 11.8 Å². The Morgan fingerprint density at radius 3 is 2.38 bits per heavy atom. The van der Waals surface area contributed by atoms with Gasteiger partial charge in [0.05, 0.1) is 0 Å². The summed E-state index contributed by atoms with van der Waals surface area (Å²) in [4.78, 5) is 28.2. The average Bonchev–Trinajstić information content (AvgIpc) is 2.59. The lowest BCUT2D eigenvalue weighted by Crippen LogP contribution is -2.55. The molecule has 0 aromatic rings. The van der Waals surface area contributed by atoms with Crippen LogP contribution in [0.25, 0.3) is 0 Å². The van der Waals surface area contributed by atoms with Crippen molar-refractivity contribution in [3.05, 3.63) is 24.4 Å². The van der Waals surface area contributed by atoms with E-state index in [1.807, 2.05) is 36.3 Å². The first-order valence-electron chi connectivity index (χ1n) is 10.2. The summed E-state index contributed by atoms with van der Waals surface area (Å²) in [6.45, 7) is 7.05. The number of carbonyl (C=O) groups excluding carboxylic acids is 2. The van der Waals surface area contributed by atoms with Crippen molar-refractivity contribution in [1.29, 1.82) is 0 Å². The maximum absolute atomic E-state index is 13.2. The lowest BCUT2D eigenvalue weighted by Gasteiger charge is -2.34. The molecule has 1 rings (SSSR count). The number of allylic oxidation sites excluding steroid dienone is 2. The highest BCUT2D eigenvalue weighted by Gasteiger charge is 2.39. The number of amides is 2. The summed E-state index contributed by atoms with van der Waals surface area (Å²) in [5, 5.41) is 2.73. The Hall–Kier alpha value is -1.99. The van der Waals surface area contributed by atoms with Gasteiger partial charge < -0.3 is 15.1 Å². The van der Waals surface area contributed by atoms with Gasteiger partial charge in [-0.2, -0.15) is 13.2 Å². The van der Waals surface area contributed by atoms with Crippen molar-refractivity contribution in [3.8, 4) is 0 Å². The molecule has 166 valence electrons. The second kappa shape index (κ2) is 11.3. The Morgan fingerprint density at radius 1 is 1.17 bits per heavy atom. The lowest BCUT2D eigenvalue weighted by atomic mass is 10.0. The van der Waals surface area contributed by atoms with E-state index in [1.54, 1.807) is 20.8 Å². The van der Waals surface area contributed by atoms with E-state index >= 15 is 0 Å². The number of hydrogen-bond acceptors (Lipinski definition) is 3. The van der Waals surface area contributed by atoms with Crippen molar-refractivity contribution in [2.45, 2.75) is 77.6 Å². The van der Waals surface area contributed by atoms with Gasteiger partial charge in [-0.15, -0.1) is 0 Å². The SMILES string of the molecule is CCCCC(C(=O)NC(C)(C)C)N(CC(F)(F)F)C(=O)CCCN1C=CC=CC1. The minimum Gasteiger partial charge on any atom is -0.374 e. The third kappa shape index (κ3) is 10.4. The fourth-order valence-corrected chi connectivity index (χ4v) is 3.09. The normalized spacial score (nSPS) is 15.3. The van der Waals surface area contributed by atoms with Crippen LogP contribution >= 0.6 is 0 Å². The summed E-state index contributed by atoms with van der Waals surface area (Å²) in [6.07, 6.45) is 4.97. The molecule has 8 heteroatoms. The predicted molar refractivity (Wildman–Crippen MR) is 108 cm³/mol. The summed E-state index contributed by atoms with van der Waals surface area (Å²) in [5.74, 6) is -1.17. The van der Waals surface area contributed by atoms with Gasteiger partial charge in [0, 0.05) is 25.0 Å². The fourth-order valence-electron chi connectivity index (χ4n) is 3.09. The predicted octanol–water partition coefficient (Wildman–Crippen LogP) is 4.02. The molecule has 1 aliphatic heterocycles. The van der Waals surface area contributed by atoms with Crippen molar-refractivity contribution < 1.29 is 22.8 Å². The molecule has 0 fully saturated rings. The number of nitrogens with one attached hydrogen (secondary N) is 1. The smallest absolute Gasteiger partial charge is 0.374 e. The first-order chi connectivity index (χ1) is 13.4. The van der Waals surface area contributed by atoms with Crippen LogP contribution in [0.1, 0.15) is 59.8 Å². The molecule has 29 heavy (non-hydrogen) atoms. The zero-order valence-corrected chi connectivity index (χ0v) is 17.9. The van der Waals surface area contributed by atoms with Crippen molar-refractivity contribution in [1.82, 2.24) is 15.1 Å². The topological polar surface area (TPSA) is 52.7 Å². The summed E-state index contributed by atoms with van der Waals surface area (Å²) in [5.41, 5.74) is -0.595. The van der Waals surface area contributed by atoms with E-state index in [4.69, 9.17) is 0 Å². The number of alkyl halides is 3. The van der Waals surface area contributed by atoms with Crippen LogP contribution in [0.15, 0.2) is 24.4 Å². The average molecular weight is 418 g/mol. The second-order valence-electron chi connectivity index (χ2n) is 8.40. The molecule has 2 amide bonds. The van der Waals surface area contributed by atoms with Crippen molar-refractivity contribution in [2.75, 3.05) is 19.6 Å². The Labute approximate surface area is 172 Å². The Bertz CT molecular complexity index is 595. The van der Waals surface area contributed by atoms with Gasteiger partial charge in [-0.1, -0.05) is 31.9 Å². The zero-order chi connectivity index (χ0) is 22.1. The maximum atomic E-state index is 13.2. The van der Waals surface area contributed by atoms with Crippen LogP contribution in [-0.4, -0.2) is 59.0 Å². The van der Waals surface area contributed by atoms with Gasteiger partial charge in [-0.25, -0.2) is 0 Å². The summed E-state index contributed by atoms with van der Waals surface area (Å²) in [7, 11) is 0. The van der Waals surface area contributed by atoms with Gasteiger partial charge in [-0.05, 0) is 45.9 Å². The largest absolute Gasteiger partial charge is 0.406 e. The number of unbranched alkanes of at least 4 members (excludes halogenated alkanes) is 1. The summed E-state index contributed by atoms with van der Waals surface area (Å²) >= 11 is 0. The summed E-state index contributed by atoms with van der Waals surface area (Å²) in [6, 6.07) is -1.12. The molecule has 1 unspecified atom stereocenters. The molecule has 5 nitrogen and oxygen atoms in total. The number of hydrogen-bond donors (Lipinski definition) is 1. The van der Waals surface area contributed by atoms with E-state index < -0.39 is 36.1 Å². The van der Waals surface area contributed by atoms with Crippen LogP contribution in [0.2, 0.25) is 0 Å². The van der Waals surface area contributed by atoms with Gasteiger partial charge in [-0.3, -0.25) is 9.59 Å². The third-order valence-corrected chi connectivity index (χ3v) is 4.40. The molecule has 1 aliphatic rings. The Kier molecular flexibility index (Phi) is 9.73. The quantitative estimate of drug-likeness (QED) is 0.584. The lowest BCUT2D eigenvalue weighted by molar-refractivity contribution is -0.169. The number of carbonyl (C=O) groups is 2. The number of nitrogens with zero attached hydrogens (tertiary/aromatic N) is 2. The molecule has 0 saturated carbocycles. The molecule has 0 bridgehead atoms. The second-order valence-corrected chi connectivity index (χ2v) is 8.40. The highest BCUT2D eigenvalue weighted by molar-refractivity contribution is 5.88. The first-order valence-corrected chi connectivity index (χ1v) is 10.2. The maximum Gasteiger partial charge on any atom is 0.406 e. The molecule has 0 saturated heterocycles. The van der Waals surface area contributed by atoms with E-state index in [1.165, 1.54) is 0 Å². The summed E-state index contributed by atoms with van der Waals surface area (Å²) < 4.78 is 39.6. The minimum absolute atomic E-state index is 0.0322. The van der Waals surface area contributed by atoms with Crippen LogP contribution < -0.4 is 5.32 Å². The molecule has 0 spiro atoms. The van der Waals surface area contributed by atoms with E-state index in [-0.39, 0.29) is 12.8 Å². The van der Waals surface area contributed by atoms with Gasteiger partial charge >= 0.3 is 6.18 Å². The molecule has 0 aromatic heterocycles. The van der Waals surface area contributed by atoms with Crippen molar-refractivity contribution >= 4 is 11.8 Å². The standard InChI is InChI=1S/C21H34F3N3O2/c1-5-6-11-17(19(29)25-20(2,3)4)27(16-21(22,23)24)18(28)12-10-15-26-13-8-7-9-14-26/h7-9,13,17H,5-6,10-12,14-16H2,1-4H3,(H,25,29). The molecular weight excluding hydrogens is 383 g/mol. The van der Waals surface area contributed by atoms with Crippen LogP contribution in [-0.2, 0) is 9.59 Å². The van der Waals surface area contributed by atoms with Crippen molar-refractivity contribution in [3.63, 3.8) is 0 Å². The number of halogens is 3. The van der Waals surface area contributed by atoms with E-state index in [2.05, 4.69) is 5.32 Å². The molecular formula is C21H34F3N3O2. The minimum atomic E-state index is -4.57. The molecule has 1 heterocycles. The Balaban J connectivity index is 2.88. The van der Waals surface area contributed by atoms with Crippen molar-refractivity contribution in [2.24, 2.45) is 0 Å². The third-order valence-electron chi connectivity index (χ3n) is 4.40. The molecule has 1 N–H and O–H groups in total. The van der Waals surface area contributed by atoms with Gasteiger partial charge in [0.15, 0.2) is 0 Å². The molecule has 0 radical (unpaired) electrons. The Morgan fingerprint density at radius 2 is 1.86 bits per heavy atom. The molecule has 0 aliphatic carbocycles. The van der Waals surface area contributed by atoms with Crippen LogP contribution in [0.5, 0.6) is 0 Å². The van der Waals surface area contributed by atoms with E-state index in [0.29, 0.717) is 25.9 Å². The van der Waals surface area contributed by atoms with Crippen LogP contribution in [0.3, 0.4) is 0 Å². The van der Waals surface area contributed by atoms with Crippen LogP contribution in [0.4, 0.5) is 13.2 Å². The number of rotatable bonds is 10.